The molecule has 1 aliphatic heterocycles. The second kappa shape index (κ2) is 7.62. The van der Waals surface area contributed by atoms with Crippen molar-refractivity contribution >= 4 is 17.5 Å². The Bertz CT molecular complexity index is 452. The number of likely N-dealkylation sites (tertiary alicyclic amines) is 1. The topological polar surface area (TPSA) is 38.8 Å². The Kier molecular flexibility index (Phi) is 5.83. The Morgan fingerprint density at radius 2 is 2.25 bits per heavy atom. The predicted octanol–water partition coefficient (Wildman–Crippen LogP) is 2.49. The Morgan fingerprint density at radius 1 is 1.45 bits per heavy atom. The van der Waals surface area contributed by atoms with Crippen LogP contribution in [0.25, 0.3) is 0 Å². The highest BCUT2D eigenvalue weighted by molar-refractivity contribution is 6.31. The average Bonchev–Trinajstić information content (AvgIpc) is 2.47. The van der Waals surface area contributed by atoms with Crippen molar-refractivity contribution in [2.24, 2.45) is 0 Å². The molecule has 5 heteroatoms. The standard InChI is InChI=1S/C15H20ClNO3/c1-19-11-15(18)17-8-4-6-13(9-17)20-10-12-5-2-3-7-14(12)16/h2-3,5,7,13H,4,6,8-11H2,1H3. The first-order valence-electron chi connectivity index (χ1n) is 6.82. The number of hydrogen-bond acceptors (Lipinski definition) is 3. The van der Waals surface area contributed by atoms with Crippen LogP contribution in [0.15, 0.2) is 24.3 Å². The second-order valence-corrected chi connectivity index (χ2v) is 5.35. The lowest BCUT2D eigenvalue weighted by molar-refractivity contribution is -0.139. The van der Waals surface area contributed by atoms with Gasteiger partial charge in [-0.3, -0.25) is 4.79 Å². The van der Waals surface area contributed by atoms with Crippen LogP contribution < -0.4 is 0 Å². The van der Waals surface area contributed by atoms with E-state index >= 15 is 0 Å². The maximum absolute atomic E-state index is 11.8. The van der Waals surface area contributed by atoms with Gasteiger partial charge in [-0.2, -0.15) is 0 Å². The molecule has 1 unspecified atom stereocenters. The summed E-state index contributed by atoms with van der Waals surface area (Å²) in [4.78, 5) is 13.6. The third-order valence-electron chi connectivity index (χ3n) is 3.43. The van der Waals surface area contributed by atoms with Crippen molar-refractivity contribution in [3.05, 3.63) is 34.9 Å². The smallest absolute Gasteiger partial charge is 0.248 e. The maximum atomic E-state index is 11.8. The van der Waals surface area contributed by atoms with E-state index in [4.69, 9.17) is 21.1 Å². The largest absolute Gasteiger partial charge is 0.375 e. The van der Waals surface area contributed by atoms with Gasteiger partial charge in [0.15, 0.2) is 0 Å². The molecule has 1 aromatic rings. The first kappa shape index (κ1) is 15.3. The van der Waals surface area contributed by atoms with Gasteiger partial charge in [-0.25, -0.2) is 0 Å². The van der Waals surface area contributed by atoms with E-state index in [2.05, 4.69) is 0 Å². The number of hydrogen-bond donors (Lipinski definition) is 0. The molecule has 1 heterocycles. The highest BCUT2D eigenvalue weighted by atomic mass is 35.5. The molecule has 1 amide bonds. The van der Waals surface area contributed by atoms with Crippen LogP contribution in [-0.2, 0) is 20.9 Å². The third kappa shape index (κ3) is 4.20. The molecule has 0 N–H and O–H groups in total. The summed E-state index contributed by atoms with van der Waals surface area (Å²) in [5, 5.41) is 0.718. The van der Waals surface area contributed by atoms with Crippen molar-refractivity contribution in [1.29, 1.82) is 0 Å². The van der Waals surface area contributed by atoms with Crippen LogP contribution in [0.5, 0.6) is 0 Å². The molecule has 1 saturated heterocycles. The van der Waals surface area contributed by atoms with E-state index in [1.165, 1.54) is 7.11 Å². The minimum atomic E-state index is 0.0264. The summed E-state index contributed by atoms with van der Waals surface area (Å²) in [6.07, 6.45) is 2.00. The first-order chi connectivity index (χ1) is 9.70. The van der Waals surface area contributed by atoms with E-state index in [0.29, 0.717) is 13.2 Å². The minimum absolute atomic E-state index is 0.0264. The number of rotatable bonds is 5. The van der Waals surface area contributed by atoms with Crippen LogP contribution in [-0.4, -0.2) is 43.7 Å². The van der Waals surface area contributed by atoms with Crippen LogP contribution in [0, 0.1) is 0 Å². The minimum Gasteiger partial charge on any atom is -0.375 e. The van der Waals surface area contributed by atoms with E-state index in [1.54, 1.807) is 0 Å². The number of carbonyl (C=O) groups is 1. The molecule has 4 nitrogen and oxygen atoms in total. The number of carbonyl (C=O) groups excluding carboxylic acids is 1. The van der Waals surface area contributed by atoms with Crippen LogP contribution >= 0.6 is 11.6 Å². The molecule has 20 heavy (non-hydrogen) atoms. The van der Waals surface area contributed by atoms with Gasteiger partial charge in [0.05, 0.1) is 12.7 Å². The van der Waals surface area contributed by atoms with Crippen molar-refractivity contribution in [2.45, 2.75) is 25.6 Å². The fourth-order valence-corrected chi connectivity index (χ4v) is 2.53. The zero-order chi connectivity index (χ0) is 14.4. The zero-order valence-electron chi connectivity index (χ0n) is 11.7. The molecule has 110 valence electrons. The lowest BCUT2D eigenvalue weighted by Gasteiger charge is -2.32. The molecular weight excluding hydrogens is 278 g/mol. The van der Waals surface area contributed by atoms with Gasteiger partial charge in [0.2, 0.25) is 5.91 Å². The van der Waals surface area contributed by atoms with Crippen molar-refractivity contribution < 1.29 is 14.3 Å². The molecule has 0 aromatic heterocycles. The number of benzene rings is 1. The number of amides is 1. The lowest BCUT2D eigenvalue weighted by Crippen LogP contribution is -2.44. The summed E-state index contributed by atoms with van der Waals surface area (Å²) in [6.45, 7) is 2.04. The third-order valence-corrected chi connectivity index (χ3v) is 3.80. The maximum Gasteiger partial charge on any atom is 0.248 e. The van der Waals surface area contributed by atoms with E-state index in [-0.39, 0.29) is 18.6 Å². The second-order valence-electron chi connectivity index (χ2n) is 4.94. The molecule has 0 aliphatic carbocycles. The van der Waals surface area contributed by atoms with Gasteiger partial charge in [0.25, 0.3) is 0 Å². The first-order valence-corrected chi connectivity index (χ1v) is 7.20. The fourth-order valence-electron chi connectivity index (χ4n) is 2.34. The molecular formula is C15H20ClNO3. The molecule has 1 aromatic carbocycles. The molecule has 1 atom stereocenters. The Balaban J connectivity index is 1.84. The molecule has 0 bridgehead atoms. The quantitative estimate of drug-likeness (QED) is 0.838. The van der Waals surface area contributed by atoms with Gasteiger partial charge in [0.1, 0.15) is 6.61 Å². The molecule has 0 saturated carbocycles. The van der Waals surface area contributed by atoms with Gasteiger partial charge in [-0.15, -0.1) is 0 Å². The number of halogens is 1. The molecule has 0 radical (unpaired) electrons. The Hall–Kier alpha value is -1.10. The van der Waals surface area contributed by atoms with E-state index < -0.39 is 0 Å². The summed E-state index contributed by atoms with van der Waals surface area (Å²) in [5.41, 5.74) is 0.981. The Morgan fingerprint density at radius 3 is 3.00 bits per heavy atom. The number of methoxy groups -OCH3 is 1. The van der Waals surface area contributed by atoms with Crippen molar-refractivity contribution in [3.8, 4) is 0 Å². The number of ether oxygens (including phenoxy) is 2. The van der Waals surface area contributed by atoms with Gasteiger partial charge in [0, 0.05) is 25.2 Å². The molecule has 2 rings (SSSR count). The average molecular weight is 298 g/mol. The predicted molar refractivity (Wildman–Crippen MR) is 77.7 cm³/mol. The van der Waals surface area contributed by atoms with Gasteiger partial charge < -0.3 is 14.4 Å². The molecule has 1 fully saturated rings. The van der Waals surface area contributed by atoms with Crippen LogP contribution in [0.1, 0.15) is 18.4 Å². The summed E-state index contributed by atoms with van der Waals surface area (Å²) in [7, 11) is 1.53. The van der Waals surface area contributed by atoms with Gasteiger partial charge >= 0.3 is 0 Å². The lowest BCUT2D eigenvalue weighted by atomic mass is 10.1. The van der Waals surface area contributed by atoms with Gasteiger partial charge in [-0.1, -0.05) is 29.8 Å². The molecule has 0 spiro atoms. The highest BCUT2D eigenvalue weighted by Crippen LogP contribution is 2.19. The van der Waals surface area contributed by atoms with E-state index in [1.807, 2.05) is 29.2 Å². The Labute approximate surface area is 124 Å². The monoisotopic (exact) mass is 297 g/mol. The van der Waals surface area contributed by atoms with Crippen LogP contribution in [0.3, 0.4) is 0 Å². The zero-order valence-corrected chi connectivity index (χ0v) is 12.4. The van der Waals surface area contributed by atoms with E-state index in [0.717, 1.165) is 30.0 Å². The van der Waals surface area contributed by atoms with E-state index in [9.17, 15) is 4.79 Å². The summed E-state index contributed by atoms with van der Waals surface area (Å²) >= 11 is 6.10. The summed E-state index contributed by atoms with van der Waals surface area (Å²) < 4.78 is 10.8. The summed E-state index contributed by atoms with van der Waals surface area (Å²) in [5.74, 6) is 0.0264. The van der Waals surface area contributed by atoms with Gasteiger partial charge in [-0.05, 0) is 24.5 Å². The molecule has 1 aliphatic rings. The SMILES string of the molecule is COCC(=O)N1CCCC(OCc2ccccc2Cl)C1. The normalized spacial score (nSPS) is 19.1. The number of nitrogens with zero attached hydrogens (tertiary/aromatic N) is 1. The fraction of sp³-hybridized carbons (Fsp3) is 0.533. The van der Waals surface area contributed by atoms with Crippen molar-refractivity contribution in [3.63, 3.8) is 0 Å². The highest BCUT2D eigenvalue weighted by Gasteiger charge is 2.24. The van der Waals surface area contributed by atoms with Crippen LogP contribution in [0.4, 0.5) is 0 Å². The van der Waals surface area contributed by atoms with Crippen molar-refractivity contribution in [1.82, 2.24) is 4.90 Å². The number of piperidine rings is 1. The van der Waals surface area contributed by atoms with Crippen molar-refractivity contribution in [2.75, 3.05) is 26.8 Å². The summed E-state index contributed by atoms with van der Waals surface area (Å²) in [6, 6.07) is 7.66. The van der Waals surface area contributed by atoms with Crippen LogP contribution in [0.2, 0.25) is 5.02 Å².